The molecule has 0 aliphatic carbocycles. The Bertz CT molecular complexity index is 1050. The molecule has 7 heteroatoms. The van der Waals surface area contributed by atoms with E-state index in [1.807, 2.05) is 56.3 Å². The highest BCUT2D eigenvalue weighted by Crippen LogP contribution is 2.34. The first kappa shape index (κ1) is 20.4. The fraction of sp³-hybridized carbons (Fsp3) is 0.273. The van der Waals surface area contributed by atoms with E-state index >= 15 is 0 Å². The van der Waals surface area contributed by atoms with Gasteiger partial charge in [0.2, 0.25) is 5.91 Å². The molecule has 1 atom stereocenters. The van der Waals surface area contributed by atoms with Crippen LogP contribution in [0.5, 0.6) is 0 Å². The monoisotopic (exact) mass is 391 g/mol. The highest BCUT2D eigenvalue weighted by Gasteiger charge is 2.22. The number of rotatable bonds is 7. The molecule has 0 spiro atoms. The maximum absolute atomic E-state index is 12.6. The van der Waals surface area contributed by atoms with Crippen LogP contribution in [0.2, 0.25) is 0 Å². The SMILES string of the molecule is CC(C)CC(C(=O)NCC#N)c1cccc(-c2cc(N([O-])O)c3[nH]ccc3c2)c1. The van der Waals surface area contributed by atoms with Crippen LogP contribution in [-0.2, 0) is 4.79 Å². The molecule has 7 nitrogen and oxygen atoms in total. The second kappa shape index (κ2) is 8.78. The van der Waals surface area contributed by atoms with Crippen LogP contribution < -0.4 is 10.5 Å². The number of hydrogen-bond acceptors (Lipinski definition) is 5. The van der Waals surface area contributed by atoms with E-state index in [4.69, 9.17) is 5.26 Å². The molecular weight excluding hydrogens is 368 g/mol. The Balaban J connectivity index is 2.03. The average Bonchev–Trinajstić information content (AvgIpc) is 3.18. The third-order valence-electron chi connectivity index (χ3n) is 4.83. The number of hydrogen-bond donors (Lipinski definition) is 3. The van der Waals surface area contributed by atoms with Gasteiger partial charge in [-0.25, -0.2) is 0 Å². The first-order valence-corrected chi connectivity index (χ1v) is 9.43. The van der Waals surface area contributed by atoms with Crippen molar-refractivity contribution in [2.24, 2.45) is 5.92 Å². The molecule has 29 heavy (non-hydrogen) atoms. The van der Waals surface area contributed by atoms with Crippen molar-refractivity contribution in [3.63, 3.8) is 0 Å². The van der Waals surface area contributed by atoms with Crippen molar-refractivity contribution in [1.29, 1.82) is 5.26 Å². The number of nitriles is 1. The fourth-order valence-electron chi connectivity index (χ4n) is 3.52. The quantitative estimate of drug-likeness (QED) is 0.410. The van der Waals surface area contributed by atoms with Gasteiger partial charge in [-0.15, -0.1) is 0 Å². The van der Waals surface area contributed by atoms with E-state index < -0.39 is 0 Å². The van der Waals surface area contributed by atoms with Gasteiger partial charge in [0, 0.05) is 11.6 Å². The predicted molar refractivity (Wildman–Crippen MR) is 112 cm³/mol. The summed E-state index contributed by atoms with van der Waals surface area (Å²) in [4.78, 5) is 15.6. The molecule has 1 aromatic heterocycles. The third-order valence-corrected chi connectivity index (χ3v) is 4.83. The fourth-order valence-corrected chi connectivity index (χ4v) is 3.52. The highest BCUT2D eigenvalue weighted by molar-refractivity contribution is 5.95. The van der Waals surface area contributed by atoms with Crippen molar-refractivity contribution in [1.82, 2.24) is 10.3 Å². The molecular formula is C22H23N4O3-. The van der Waals surface area contributed by atoms with Crippen molar-refractivity contribution in [2.75, 3.05) is 11.8 Å². The summed E-state index contributed by atoms with van der Waals surface area (Å²) >= 11 is 0. The first-order chi connectivity index (χ1) is 13.9. The molecule has 0 fully saturated rings. The molecule has 0 saturated heterocycles. The zero-order valence-corrected chi connectivity index (χ0v) is 16.3. The van der Waals surface area contributed by atoms with E-state index in [9.17, 15) is 15.2 Å². The summed E-state index contributed by atoms with van der Waals surface area (Å²) in [6, 6.07) is 14.9. The Kier molecular flexibility index (Phi) is 6.17. The van der Waals surface area contributed by atoms with E-state index in [2.05, 4.69) is 10.3 Å². The standard InChI is InChI=1S/C22H23N4O3/c1-14(2)10-19(22(27)25-9-7-23)16-5-3-4-15(11-16)18-12-17-6-8-24-21(17)20(13-18)26(28)29/h3-6,8,11-14,19,24,28H,9-10H2,1-2H3,(H,25,27)/q-1. The minimum Gasteiger partial charge on any atom is -0.733 e. The number of carbonyl (C=O) groups is 1. The number of nitrogens with one attached hydrogen (secondary N) is 2. The van der Waals surface area contributed by atoms with Gasteiger partial charge in [-0.05, 0) is 47.2 Å². The Morgan fingerprint density at radius 3 is 2.76 bits per heavy atom. The Hall–Kier alpha value is -3.34. The van der Waals surface area contributed by atoms with Gasteiger partial charge >= 0.3 is 0 Å². The molecule has 1 heterocycles. The summed E-state index contributed by atoms with van der Waals surface area (Å²) in [5.74, 6) is -0.268. The van der Waals surface area contributed by atoms with E-state index in [1.165, 1.54) is 0 Å². The van der Waals surface area contributed by atoms with Crippen molar-refractivity contribution < 1.29 is 10.0 Å². The molecule has 1 amide bonds. The van der Waals surface area contributed by atoms with Gasteiger partial charge < -0.3 is 20.7 Å². The summed E-state index contributed by atoms with van der Waals surface area (Å²) in [6.07, 6.45) is 2.35. The zero-order chi connectivity index (χ0) is 21.0. The summed E-state index contributed by atoms with van der Waals surface area (Å²) in [7, 11) is 0. The molecule has 0 aliphatic heterocycles. The second-order valence-electron chi connectivity index (χ2n) is 7.39. The molecule has 3 N–H and O–H groups in total. The van der Waals surface area contributed by atoms with Gasteiger partial charge in [-0.2, -0.15) is 5.26 Å². The number of fused-ring (bicyclic) bond motifs is 1. The van der Waals surface area contributed by atoms with Gasteiger partial charge in [-0.3, -0.25) is 10.0 Å². The first-order valence-electron chi connectivity index (χ1n) is 9.43. The number of H-pyrrole nitrogens is 1. The summed E-state index contributed by atoms with van der Waals surface area (Å²) < 4.78 is 0. The average molecular weight is 391 g/mol. The minimum absolute atomic E-state index is 0.0313. The number of amides is 1. The van der Waals surface area contributed by atoms with E-state index in [-0.39, 0.29) is 29.3 Å². The molecule has 0 aliphatic rings. The predicted octanol–water partition coefficient (Wildman–Crippen LogP) is 4.30. The molecule has 0 saturated carbocycles. The molecule has 0 bridgehead atoms. The summed E-state index contributed by atoms with van der Waals surface area (Å²) in [6.45, 7) is 4.06. The Morgan fingerprint density at radius 1 is 1.28 bits per heavy atom. The lowest BCUT2D eigenvalue weighted by molar-refractivity contribution is -0.122. The van der Waals surface area contributed by atoms with Crippen molar-refractivity contribution >= 4 is 22.5 Å². The van der Waals surface area contributed by atoms with E-state index in [1.54, 1.807) is 12.3 Å². The smallest absolute Gasteiger partial charge is 0.228 e. The maximum atomic E-state index is 12.6. The van der Waals surface area contributed by atoms with E-state index in [0.29, 0.717) is 17.9 Å². The van der Waals surface area contributed by atoms with Crippen LogP contribution in [0.3, 0.4) is 0 Å². The Labute approximate surface area is 169 Å². The normalized spacial score (nSPS) is 12.0. The van der Waals surface area contributed by atoms with Crippen LogP contribution in [-0.4, -0.2) is 22.6 Å². The number of benzene rings is 2. The molecule has 3 aromatic rings. The number of aromatic nitrogens is 1. The third kappa shape index (κ3) is 4.57. The lowest BCUT2D eigenvalue weighted by Gasteiger charge is -2.23. The summed E-state index contributed by atoms with van der Waals surface area (Å²) in [5.41, 5.74) is 3.10. The maximum Gasteiger partial charge on any atom is 0.228 e. The molecule has 150 valence electrons. The van der Waals surface area contributed by atoms with Crippen LogP contribution in [0, 0.1) is 22.5 Å². The molecule has 1 unspecified atom stereocenters. The minimum atomic E-state index is -0.382. The van der Waals surface area contributed by atoms with Crippen LogP contribution >= 0.6 is 0 Å². The number of carbonyl (C=O) groups excluding carboxylic acids is 1. The molecule has 2 aromatic carbocycles. The van der Waals surface area contributed by atoms with Crippen LogP contribution in [0.25, 0.3) is 22.0 Å². The molecule has 0 radical (unpaired) electrons. The second-order valence-corrected chi connectivity index (χ2v) is 7.39. The topological polar surface area (TPSA) is 115 Å². The van der Waals surface area contributed by atoms with Gasteiger partial charge in [-0.1, -0.05) is 38.1 Å². The van der Waals surface area contributed by atoms with Crippen molar-refractivity contribution in [3.05, 3.63) is 59.4 Å². The number of aromatic amines is 1. The lowest BCUT2D eigenvalue weighted by atomic mass is 9.87. The number of nitrogens with zero attached hydrogens (tertiary/aromatic N) is 2. The van der Waals surface area contributed by atoms with Crippen LogP contribution in [0.4, 0.5) is 5.69 Å². The van der Waals surface area contributed by atoms with Crippen LogP contribution in [0.1, 0.15) is 31.7 Å². The van der Waals surface area contributed by atoms with Crippen molar-refractivity contribution in [2.45, 2.75) is 26.2 Å². The zero-order valence-electron chi connectivity index (χ0n) is 16.3. The van der Waals surface area contributed by atoms with Gasteiger partial charge in [0.05, 0.1) is 23.2 Å². The summed E-state index contributed by atoms with van der Waals surface area (Å²) in [5, 5.41) is 33.2. The highest BCUT2D eigenvalue weighted by atomic mass is 16.8. The van der Waals surface area contributed by atoms with Gasteiger partial charge in [0.1, 0.15) is 6.54 Å². The molecule has 3 rings (SSSR count). The van der Waals surface area contributed by atoms with Gasteiger partial charge in [0.25, 0.3) is 0 Å². The van der Waals surface area contributed by atoms with Crippen LogP contribution in [0.15, 0.2) is 48.7 Å². The number of anilines is 1. The Morgan fingerprint density at radius 2 is 2.07 bits per heavy atom. The largest absolute Gasteiger partial charge is 0.733 e. The van der Waals surface area contributed by atoms with Crippen molar-refractivity contribution in [3.8, 4) is 17.2 Å². The van der Waals surface area contributed by atoms with Gasteiger partial charge in [0.15, 0.2) is 0 Å². The lowest BCUT2D eigenvalue weighted by Crippen LogP contribution is -2.30. The van der Waals surface area contributed by atoms with E-state index in [0.717, 1.165) is 22.1 Å².